The van der Waals surface area contributed by atoms with Crippen molar-refractivity contribution in [3.8, 4) is 45.2 Å². The Morgan fingerprint density at radius 2 is 1.05 bits per heavy atom. The maximum atomic E-state index is 14.2. The van der Waals surface area contributed by atoms with Crippen molar-refractivity contribution in [2.75, 3.05) is 13.2 Å². The summed E-state index contributed by atoms with van der Waals surface area (Å²) in [6.07, 6.45) is 0.641. The van der Waals surface area contributed by atoms with Gasteiger partial charge in [-0.2, -0.15) is 0 Å². The van der Waals surface area contributed by atoms with E-state index >= 15 is 0 Å². The topological polar surface area (TPSA) is 229 Å². The molecule has 4 aromatic heterocycles. The Hall–Kier alpha value is -9.19. The van der Waals surface area contributed by atoms with E-state index in [4.69, 9.17) is 19.6 Å². The monoisotopic (exact) mass is 1080 g/mol. The van der Waals surface area contributed by atoms with Gasteiger partial charge in [0.05, 0.1) is 23.5 Å². The number of primary amides is 1. The fourth-order valence-electron chi connectivity index (χ4n) is 10.5. The normalized spacial score (nSPS) is 14.5. The van der Waals surface area contributed by atoms with E-state index in [9.17, 15) is 33.8 Å². The third kappa shape index (κ3) is 11.4. The molecule has 7 N–H and O–H groups in total. The van der Waals surface area contributed by atoms with Crippen molar-refractivity contribution >= 4 is 45.8 Å². The number of furan rings is 2. The van der Waals surface area contributed by atoms with Gasteiger partial charge in [-0.3, -0.25) is 9.59 Å². The molecule has 0 radical (unpaired) electrons. The Morgan fingerprint density at radius 1 is 0.600 bits per heavy atom. The van der Waals surface area contributed by atoms with Crippen LogP contribution in [0.15, 0.2) is 154 Å². The van der Waals surface area contributed by atoms with E-state index in [1.807, 2.05) is 137 Å². The first-order chi connectivity index (χ1) is 38.7. The second kappa shape index (κ2) is 23.4. The quantitative estimate of drug-likeness (QED) is 0.0603. The van der Waals surface area contributed by atoms with Crippen LogP contribution < -0.4 is 21.7 Å². The van der Waals surface area contributed by atoms with Crippen LogP contribution in [0.5, 0.6) is 0 Å². The summed E-state index contributed by atoms with van der Waals surface area (Å²) >= 11 is 0. The zero-order chi connectivity index (χ0) is 56.2. The van der Waals surface area contributed by atoms with Crippen molar-refractivity contribution in [3.05, 3.63) is 191 Å². The summed E-state index contributed by atoms with van der Waals surface area (Å²) in [5, 5.41) is 30.5. The second-order valence-electron chi connectivity index (χ2n) is 20.5. The highest BCUT2D eigenvalue weighted by Crippen LogP contribution is 2.44. The Kier molecular flexibility index (Phi) is 15.9. The van der Waals surface area contributed by atoms with Gasteiger partial charge in [0.15, 0.2) is 0 Å². The van der Waals surface area contributed by atoms with Crippen LogP contribution in [0.4, 0.5) is 14.0 Å². The molecule has 2 atom stereocenters. The van der Waals surface area contributed by atoms with Crippen LogP contribution in [-0.4, -0.2) is 79.2 Å². The lowest BCUT2D eigenvalue weighted by molar-refractivity contribution is 0.0944. The lowest BCUT2D eigenvalue weighted by atomic mass is 9.94. The van der Waals surface area contributed by atoms with Gasteiger partial charge >= 0.3 is 12.1 Å². The molecule has 9 aromatic rings. The van der Waals surface area contributed by atoms with Gasteiger partial charge in [-0.15, -0.1) is 0 Å². The van der Waals surface area contributed by atoms with Gasteiger partial charge < -0.3 is 50.5 Å². The van der Waals surface area contributed by atoms with Crippen molar-refractivity contribution in [1.29, 1.82) is 0 Å². The fraction of sp³-hybridized carbons (Fsp3) is 0.238. The number of aliphatic hydroxyl groups excluding tert-OH is 2. The van der Waals surface area contributed by atoms with E-state index in [-0.39, 0.29) is 68.4 Å². The number of rotatable bonds is 14. The van der Waals surface area contributed by atoms with Gasteiger partial charge in [0.25, 0.3) is 11.8 Å². The third-order valence-corrected chi connectivity index (χ3v) is 14.1. The smallest absolute Gasteiger partial charge is 0.318 e. The molecule has 16 nitrogen and oxygen atoms in total. The summed E-state index contributed by atoms with van der Waals surface area (Å²) in [5.74, 6) is -0.110. The number of fused-ring (bicyclic) bond motifs is 4. The summed E-state index contributed by atoms with van der Waals surface area (Å²) in [5.41, 5.74) is 15.3. The summed E-state index contributed by atoms with van der Waals surface area (Å²) in [6.45, 7) is 7.84. The Balaban J connectivity index is 0.000000184. The van der Waals surface area contributed by atoms with Gasteiger partial charge in [-0.25, -0.2) is 23.9 Å². The zero-order valence-electron chi connectivity index (χ0n) is 44.7. The van der Waals surface area contributed by atoms with Gasteiger partial charge in [-0.05, 0) is 106 Å². The first-order valence-corrected chi connectivity index (χ1v) is 26.6. The minimum Gasteiger partial charge on any atom is -0.456 e. The van der Waals surface area contributed by atoms with E-state index in [2.05, 4.69) is 20.9 Å². The number of nitrogens with two attached hydrogens (primary N) is 1. The number of pyridine rings is 2. The summed E-state index contributed by atoms with van der Waals surface area (Å²) in [6, 6.07) is 43.1. The van der Waals surface area contributed by atoms with Crippen LogP contribution in [0.3, 0.4) is 0 Å². The molecule has 11 rings (SSSR count). The van der Waals surface area contributed by atoms with Crippen molar-refractivity contribution in [1.82, 2.24) is 35.7 Å². The molecule has 2 aliphatic heterocycles. The highest BCUT2D eigenvalue weighted by atomic mass is 19.1. The molecule has 0 spiro atoms. The Bertz CT molecular complexity index is 3730. The number of benzene rings is 5. The lowest BCUT2D eigenvalue weighted by Crippen LogP contribution is -2.42. The molecule has 0 saturated heterocycles. The molecule has 0 bridgehead atoms. The van der Waals surface area contributed by atoms with E-state index in [0.717, 1.165) is 66.4 Å². The molecule has 80 heavy (non-hydrogen) atoms. The standard InChI is InChI=1S/C35H33FN4O4.C28H28N4O4/c1-21(2)38-35(43)40-20-26-17-28(34(42)37-19-25-9-3-5-12-27(25)36)39-33(32(26)29(40)14-15-41)24-11-7-10-22(16-24)31-18-23-8-4-6-13-30(23)44-31;1-16(2)30-28(35)32-15-20-13-21(27(29)34)31-26(25(20)22(32)10-11-33)19-8-5-7-17(12-19)24-14-18-6-3-4-9-23(18)36-24/h3-13,16-18,21,29,41H,14-15,19-20H2,1-2H3,(H,37,42)(H,38,43);3-9,12-14,16,22,33H,10-11,15H2,1-2H3,(H2,29,34)(H,30,35)/t29-;22-/m11/s1. The van der Waals surface area contributed by atoms with Crippen LogP contribution >= 0.6 is 0 Å². The molecule has 0 unspecified atom stereocenters. The number of nitrogens with zero attached hydrogens (tertiary/aromatic N) is 4. The average molecular weight is 1080 g/mol. The largest absolute Gasteiger partial charge is 0.456 e. The lowest BCUT2D eigenvalue weighted by Gasteiger charge is -2.26. The summed E-state index contributed by atoms with van der Waals surface area (Å²) in [7, 11) is 0. The van der Waals surface area contributed by atoms with Gasteiger partial charge in [-0.1, -0.05) is 91.0 Å². The molecule has 5 aromatic carbocycles. The molecule has 408 valence electrons. The van der Waals surface area contributed by atoms with Crippen LogP contribution in [0, 0.1) is 5.82 Å². The van der Waals surface area contributed by atoms with Crippen LogP contribution in [0.25, 0.3) is 67.1 Å². The predicted octanol–water partition coefficient (Wildman–Crippen LogP) is 11.2. The Morgan fingerprint density at radius 3 is 1.51 bits per heavy atom. The number of para-hydroxylation sites is 2. The zero-order valence-corrected chi connectivity index (χ0v) is 44.7. The van der Waals surface area contributed by atoms with Gasteiger partial charge in [0.1, 0.15) is 39.9 Å². The second-order valence-corrected chi connectivity index (χ2v) is 20.5. The highest BCUT2D eigenvalue weighted by Gasteiger charge is 2.39. The number of nitrogens with one attached hydrogen (secondary N) is 3. The number of carbonyl (C=O) groups excluding carboxylic acids is 4. The predicted molar refractivity (Wildman–Crippen MR) is 303 cm³/mol. The third-order valence-electron chi connectivity index (χ3n) is 14.1. The number of halogens is 1. The number of hydrogen-bond donors (Lipinski definition) is 6. The number of amides is 6. The SMILES string of the molecule is CC(C)NC(=O)N1Cc2cc(C(=O)NCc3ccccc3F)nc(-c3cccc(-c4cc5ccccc5o4)c3)c2[C@H]1CCO.CC(C)NC(=O)N1Cc2cc(C(N)=O)nc(-c3cccc(-c4cc5ccccc5o4)c3)c2[C@H]1CCO. The first kappa shape index (κ1) is 54.2. The van der Waals surface area contributed by atoms with Crippen LogP contribution in [0.1, 0.15) is 101 Å². The van der Waals surface area contributed by atoms with Crippen LogP contribution in [-0.2, 0) is 19.6 Å². The summed E-state index contributed by atoms with van der Waals surface area (Å²) < 4.78 is 26.4. The van der Waals surface area contributed by atoms with Crippen molar-refractivity contribution in [2.45, 2.75) is 84.3 Å². The Labute approximate surface area is 461 Å². The van der Waals surface area contributed by atoms with Gasteiger partial charge in [0.2, 0.25) is 0 Å². The molecular formula is C63H61FN8O8. The van der Waals surface area contributed by atoms with Crippen LogP contribution in [0.2, 0.25) is 0 Å². The molecule has 0 aliphatic carbocycles. The van der Waals surface area contributed by atoms with Gasteiger partial charge in [0, 0.05) is 94.6 Å². The maximum Gasteiger partial charge on any atom is 0.318 e. The molecule has 0 fully saturated rings. The average Bonchev–Trinajstić information content (AvgIpc) is 4.28. The molecule has 17 heteroatoms. The molecular weight excluding hydrogens is 1020 g/mol. The maximum absolute atomic E-state index is 14.2. The summed E-state index contributed by atoms with van der Waals surface area (Å²) in [4.78, 5) is 64.7. The van der Waals surface area contributed by atoms with Crippen molar-refractivity contribution in [2.24, 2.45) is 5.73 Å². The van der Waals surface area contributed by atoms with E-state index in [0.29, 0.717) is 41.3 Å². The molecule has 6 heterocycles. The number of carbonyl (C=O) groups is 4. The molecule has 2 aliphatic rings. The highest BCUT2D eigenvalue weighted by molar-refractivity contribution is 5.95. The fourth-order valence-corrected chi connectivity index (χ4v) is 10.5. The van der Waals surface area contributed by atoms with E-state index in [1.54, 1.807) is 40.1 Å². The number of hydrogen-bond acceptors (Lipinski definition) is 10. The minimum absolute atomic E-state index is 0.00278. The number of aromatic nitrogens is 2. The van der Waals surface area contributed by atoms with E-state index in [1.165, 1.54) is 6.07 Å². The molecule has 6 amide bonds. The first-order valence-electron chi connectivity index (χ1n) is 26.6. The minimum atomic E-state index is -0.642. The molecule has 0 saturated carbocycles. The van der Waals surface area contributed by atoms with E-state index < -0.39 is 29.7 Å². The number of aliphatic hydroxyl groups is 2. The van der Waals surface area contributed by atoms with Crippen molar-refractivity contribution < 1.29 is 42.6 Å². The van der Waals surface area contributed by atoms with Crippen molar-refractivity contribution in [3.63, 3.8) is 0 Å². The number of urea groups is 2.